The third-order valence-electron chi connectivity index (χ3n) is 15.9. The Kier molecular flexibility index (Phi) is 60.3. The molecule has 0 saturated heterocycles. The third-order valence-corrected chi connectivity index (χ3v) is 15.9. The molecule has 70 heavy (non-hydrogen) atoms. The van der Waals surface area contributed by atoms with Crippen LogP contribution >= 0.6 is 0 Å². The average molecular weight is 991 g/mol. The summed E-state index contributed by atoms with van der Waals surface area (Å²) in [6.07, 6.45) is 76.0. The molecule has 0 aromatic carbocycles. The van der Waals surface area contributed by atoms with Gasteiger partial charge in [-0.1, -0.05) is 367 Å². The molecule has 0 aromatic heterocycles. The first kappa shape index (κ1) is 69.3. The van der Waals surface area contributed by atoms with Crippen molar-refractivity contribution in [2.75, 3.05) is 6.61 Å². The van der Waals surface area contributed by atoms with Crippen molar-refractivity contribution in [3.05, 3.63) is 0 Å². The third kappa shape index (κ3) is 56.6. The smallest absolute Gasteiger partial charge is 0.222 e. The van der Waals surface area contributed by atoms with E-state index in [1.54, 1.807) is 0 Å². The number of unbranched alkanes of at least 4 members (excludes halogenated alkanes) is 53. The average Bonchev–Trinajstić information content (AvgIpc) is 3.36. The van der Waals surface area contributed by atoms with E-state index in [2.05, 4.69) is 19.2 Å². The van der Waals surface area contributed by atoms with E-state index in [0.717, 1.165) is 25.7 Å². The molecule has 0 aliphatic carbocycles. The van der Waals surface area contributed by atoms with Crippen molar-refractivity contribution in [3.63, 3.8) is 0 Å². The van der Waals surface area contributed by atoms with Crippen LogP contribution in [0, 0.1) is 0 Å². The Bertz CT molecular complexity index is 960. The van der Waals surface area contributed by atoms with Crippen LogP contribution in [0.4, 0.5) is 0 Å². The molecule has 420 valence electrons. The maximum absolute atomic E-state index is 12.6. The summed E-state index contributed by atoms with van der Waals surface area (Å²) in [6.45, 7) is 4.32. The number of amides is 1. The minimum absolute atomic E-state index is 0.0438. The van der Waals surface area contributed by atoms with Gasteiger partial charge in [0.2, 0.25) is 5.91 Å². The summed E-state index contributed by atoms with van der Waals surface area (Å²) in [5.41, 5.74) is 0. The molecule has 0 saturated carbocycles. The number of aliphatic hydroxyl groups excluding tert-OH is 3. The number of rotatable bonds is 62. The molecule has 1 amide bonds. The quantitative estimate of drug-likeness (QED) is 0.0457. The molecule has 0 aromatic rings. The van der Waals surface area contributed by atoms with Gasteiger partial charge in [-0.15, -0.1) is 0 Å². The van der Waals surface area contributed by atoms with Crippen LogP contribution in [0.1, 0.15) is 386 Å². The molecule has 0 aliphatic heterocycles. The van der Waals surface area contributed by atoms with Gasteiger partial charge in [0.15, 0.2) is 0 Å². The highest BCUT2D eigenvalue weighted by atomic mass is 16.3. The Morgan fingerprint density at radius 3 is 0.686 bits per heavy atom. The first-order valence-corrected chi connectivity index (χ1v) is 32.8. The highest BCUT2D eigenvalue weighted by molar-refractivity contribution is 5.76. The fraction of sp³-hybridized carbons (Fsp3) is 0.985. The van der Waals surface area contributed by atoms with Gasteiger partial charge in [-0.2, -0.15) is 0 Å². The van der Waals surface area contributed by atoms with Crippen molar-refractivity contribution in [3.8, 4) is 0 Å². The molecule has 5 heteroatoms. The van der Waals surface area contributed by atoms with Crippen LogP contribution in [-0.2, 0) is 4.79 Å². The predicted molar refractivity (Wildman–Crippen MR) is 310 cm³/mol. The van der Waals surface area contributed by atoms with E-state index in [1.807, 2.05) is 0 Å². The van der Waals surface area contributed by atoms with Gasteiger partial charge in [-0.3, -0.25) is 4.79 Å². The number of carbonyl (C=O) groups excluding carboxylic acids is 1. The maximum Gasteiger partial charge on any atom is 0.222 e. The zero-order chi connectivity index (χ0) is 50.7. The summed E-state index contributed by atoms with van der Waals surface area (Å²) in [7, 11) is 0. The number of nitrogens with one attached hydrogen (secondary N) is 1. The van der Waals surface area contributed by atoms with Crippen molar-refractivity contribution in [2.24, 2.45) is 0 Å². The summed E-state index contributed by atoms with van der Waals surface area (Å²) >= 11 is 0. The van der Waals surface area contributed by atoms with Crippen LogP contribution in [-0.4, -0.2) is 46.1 Å². The van der Waals surface area contributed by atoms with Crippen molar-refractivity contribution in [1.82, 2.24) is 5.32 Å². The Morgan fingerprint density at radius 2 is 0.486 bits per heavy atom. The summed E-state index contributed by atoms with van der Waals surface area (Å²) < 4.78 is 0. The lowest BCUT2D eigenvalue weighted by Gasteiger charge is -2.23. The first-order chi connectivity index (χ1) is 34.5. The van der Waals surface area contributed by atoms with Crippen molar-refractivity contribution >= 4 is 5.91 Å². The Hall–Kier alpha value is -0.650. The SMILES string of the molecule is CCCCCCCCCCCCCCCCCCCCCCCCCCCCCCCCCCCCCCCC(O)CC(=O)NC(CO)C(O)CCCCCCCCCCCCCCCCCCCC. The summed E-state index contributed by atoms with van der Waals surface area (Å²) in [5, 5.41) is 33.7. The molecule has 0 heterocycles. The van der Waals surface area contributed by atoms with Gasteiger partial charge in [-0.25, -0.2) is 0 Å². The van der Waals surface area contributed by atoms with Crippen molar-refractivity contribution in [1.29, 1.82) is 0 Å². The standard InChI is InChI=1S/C65H131NO4/c1-3-5-7-9-11-13-15-17-19-21-23-24-25-26-27-28-29-30-31-32-33-34-35-36-37-38-39-40-41-42-44-46-48-50-52-54-56-58-62(68)60-65(70)66-63(61-67)64(69)59-57-55-53-51-49-47-45-43-22-20-18-16-14-12-10-8-6-4-2/h62-64,67-69H,3-61H2,1-2H3,(H,66,70). The Balaban J connectivity index is 3.40. The van der Waals surface area contributed by atoms with E-state index in [0.29, 0.717) is 12.8 Å². The zero-order valence-electron chi connectivity index (χ0n) is 48.2. The summed E-state index contributed by atoms with van der Waals surface area (Å²) in [4.78, 5) is 12.6. The molecule has 0 fully saturated rings. The number of aliphatic hydroxyl groups is 3. The number of hydrogen-bond acceptors (Lipinski definition) is 4. The highest BCUT2D eigenvalue weighted by Crippen LogP contribution is 2.20. The van der Waals surface area contributed by atoms with Crippen LogP contribution in [0.2, 0.25) is 0 Å². The molecule has 0 radical (unpaired) electrons. The fourth-order valence-electron chi connectivity index (χ4n) is 10.9. The lowest BCUT2D eigenvalue weighted by molar-refractivity contribution is -0.125. The molecule has 5 nitrogen and oxygen atoms in total. The van der Waals surface area contributed by atoms with Gasteiger partial charge in [0.25, 0.3) is 0 Å². The van der Waals surface area contributed by atoms with E-state index < -0.39 is 18.2 Å². The van der Waals surface area contributed by atoms with Gasteiger partial charge in [0, 0.05) is 0 Å². The number of hydrogen-bond donors (Lipinski definition) is 4. The molecule has 3 unspecified atom stereocenters. The van der Waals surface area contributed by atoms with Gasteiger partial charge < -0.3 is 20.6 Å². The summed E-state index contributed by atoms with van der Waals surface area (Å²) in [5.74, 6) is -0.273. The van der Waals surface area contributed by atoms with E-state index in [4.69, 9.17) is 0 Å². The second-order valence-electron chi connectivity index (χ2n) is 23.1. The minimum atomic E-state index is -0.746. The lowest BCUT2D eigenvalue weighted by atomic mass is 10.0. The van der Waals surface area contributed by atoms with E-state index >= 15 is 0 Å². The molecular weight excluding hydrogens is 859 g/mol. The second-order valence-corrected chi connectivity index (χ2v) is 23.1. The van der Waals surface area contributed by atoms with Crippen LogP contribution in [0.15, 0.2) is 0 Å². The molecule has 0 bridgehead atoms. The van der Waals surface area contributed by atoms with Gasteiger partial charge >= 0.3 is 0 Å². The van der Waals surface area contributed by atoms with Gasteiger partial charge in [-0.05, 0) is 12.8 Å². The summed E-state index contributed by atoms with van der Waals surface area (Å²) in [6, 6.07) is -0.654. The van der Waals surface area contributed by atoms with E-state index in [1.165, 1.54) is 327 Å². The Morgan fingerprint density at radius 1 is 0.300 bits per heavy atom. The van der Waals surface area contributed by atoms with Crippen molar-refractivity contribution in [2.45, 2.75) is 405 Å². The van der Waals surface area contributed by atoms with Crippen LogP contribution in [0.5, 0.6) is 0 Å². The largest absolute Gasteiger partial charge is 0.394 e. The fourth-order valence-corrected chi connectivity index (χ4v) is 10.9. The highest BCUT2D eigenvalue weighted by Gasteiger charge is 2.21. The van der Waals surface area contributed by atoms with Crippen LogP contribution in [0.25, 0.3) is 0 Å². The first-order valence-electron chi connectivity index (χ1n) is 32.8. The van der Waals surface area contributed by atoms with Gasteiger partial charge in [0.1, 0.15) is 0 Å². The second kappa shape index (κ2) is 60.9. The molecule has 3 atom stereocenters. The molecule has 0 aliphatic rings. The zero-order valence-corrected chi connectivity index (χ0v) is 48.2. The molecular formula is C65H131NO4. The lowest BCUT2D eigenvalue weighted by Crippen LogP contribution is -2.46. The van der Waals surface area contributed by atoms with E-state index in [9.17, 15) is 20.1 Å². The molecule has 0 spiro atoms. The normalized spacial score (nSPS) is 13.0. The van der Waals surface area contributed by atoms with E-state index in [-0.39, 0.29) is 18.9 Å². The maximum atomic E-state index is 12.6. The molecule has 0 rings (SSSR count). The predicted octanol–water partition coefficient (Wildman–Crippen LogP) is 20.9. The van der Waals surface area contributed by atoms with Crippen LogP contribution in [0.3, 0.4) is 0 Å². The number of carbonyl (C=O) groups is 1. The Labute approximate surface area is 440 Å². The topological polar surface area (TPSA) is 89.8 Å². The van der Waals surface area contributed by atoms with Gasteiger partial charge in [0.05, 0.1) is 31.3 Å². The van der Waals surface area contributed by atoms with Crippen molar-refractivity contribution < 1.29 is 20.1 Å². The van der Waals surface area contributed by atoms with Crippen LogP contribution < -0.4 is 5.32 Å². The monoisotopic (exact) mass is 990 g/mol. The molecule has 4 N–H and O–H groups in total. The minimum Gasteiger partial charge on any atom is -0.394 e.